The fraction of sp³-hybridized carbons (Fsp3) is 0.0840. The first kappa shape index (κ1) is 100.0. The average Bonchev–Trinajstić information content (AvgIpc) is 1.66. The molecule has 23 aromatic rings. The maximum Gasteiger partial charge on any atom is 1.00 e. The SMILES string of the molecule is Brc1ccc(-c2ccnc3c2ccc2cccnc23)cc1.Brc1ccnc2c1ccc1c(Br)ccnc12.Brc1ccnc2c1ccc1cccnc12.CC1(C)OB(c2ccc(N)cc2)OC1(C)C.Nc1ccc(-c2ccnc3c2ccc2cccnc23)cc1.O.[CH2-]CCC.[Li+].c1ccc2c(c1)Cc1ccccc1O2.c1ccc2c(c1)Oc1ccccc1N2c1ccc(-c2ccnc3c2ccc2cccnc23)cc1. The van der Waals surface area contributed by atoms with Gasteiger partial charge in [0.15, 0.2) is 11.5 Å². The second-order valence-electron chi connectivity index (χ2n) is 34.6. The van der Waals surface area contributed by atoms with E-state index in [1.807, 2.05) is 222 Å². The van der Waals surface area contributed by atoms with E-state index in [9.17, 15) is 0 Å². The van der Waals surface area contributed by atoms with Crippen LogP contribution in [-0.4, -0.2) is 73.6 Å². The van der Waals surface area contributed by atoms with Gasteiger partial charge >= 0.3 is 26.0 Å². The van der Waals surface area contributed by atoms with Crippen LogP contribution in [0.4, 0.5) is 28.4 Å². The van der Waals surface area contributed by atoms with Crippen LogP contribution in [0.1, 0.15) is 58.6 Å². The van der Waals surface area contributed by atoms with Crippen molar-refractivity contribution in [3.63, 3.8) is 0 Å². The van der Waals surface area contributed by atoms with Crippen molar-refractivity contribution in [1.82, 2.24) is 49.8 Å². The van der Waals surface area contributed by atoms with Crippen LogP contribution in [0.2, 0.25) is 0 Å². The molecule has 13 heterocycles. The van der Waals surface area contributed by atoms with Crippen LogP contribution >= 0.6 is 63.7 Å². The second-order valence-corrected chi connectivity index (χ2v) is 38.1. The Morgan fingerprint density at radius 3 is 0.972 bits per heavy atom. The number of para-hydroxylation sites is 6. The summed E-state index contributed by atoms with van der Waals surface area (Å²) in [6, 6.07) is 114. The van der Waals surface area contributed by atoms with Gasteiger partial charge in [0.1, 0.15) is 11.5 Å². The van der Waals surface area contributed by atoms with Crippen molar-refractivity contribution in [3.8, 4) is 56.4 Å². The van der Waals surface area contributed by atoms with Crippen LogP contribution in [0.15, 0.2) is 420 Å². The number of halogens is 4. The molecule has 0 radical (unpaired) electrons. The van der Waals surface area contributed by atoms with E-state index >= 15 is 0 Å². The quantitative estimate of drug-likeness (QED) is 0.0679. The number of nitrogen functional groups attached to an aromatic ring is 2. The molecule has 1 fully saturated rings. The molecular formula is C119H95BBr4LiN13O5. The summed E-state index contributed by atoms with van der Waals surface area (Å²) in [5, 5.41) is 11.0. The Morgan fingerprint density at radius 2 is 0.601 bits per heavy atom. The van der Waals surface area contributed by atoms with E-state index in [4.69, 9.17) is 30.2 Å². The molecule has 0 aliphatic carbocycles. The maximum atomic E-state index is 6.15. The first-order valence-electron chi connectivity index (χ1n) is 46.2. The number of nitrogens with zero attached hydrogens (tertiary/aromatic N) is 11. The van der Waals surface area contributed by atoms with E-state index in [2.05, 4.69) is 308 Å². The number of benzene rings is 13. The Bertz CT molecular complexity index is 8150. The maximum absolute atomic E-state index is 6.15. The molecule has 0 bridgehead atoms. The molecule has 3 aliphatic rings. The van der Waals surface area contributed by atoms with Crippen LogP contribution in [0, 0.1) is 6.92 Å². The largest absolute Gasteiger partial charge is 1.00 e. The third kappa shape index (κ3) is 21.9. The summed E-state index contributed by atoms with van der Waals surface area (Å²) in [7, 11) is -0.300. The van der Waals surface area contributed by atoms with Gasteiger partial charge in [-0.3, -0.25) is 49.8 Å². The average molecular weight is 2120 g/mol. The summed E-state index contributed by atoms with van der Waals surface area (Å²) < 4.78 is 28.0. The molecule has 0 amide bonds. The van der Waals surface area contributed by atoms with Crippen molar-refractivity contribution in [2.45, 2.75) is 65.1 Å². The summed E-state index contributed by atoms with van der Waals surface area (Å²) >= 11 is 14.0. The molecule has 1 saturated heterocycles. The third-order valence-corrected chi connectivity index (χ3v) is 27.6. The number of anilines is 5. The molecule has 24 heteroatoms. The standard InChI is InChI=1S/C30H19N3O.C18H11BrN2.C18H13N3.C13H10O.C12H18BNO2.C12H6Br2N2.C12H7BrN2.C4H9.Li.H2O/c1-3-9-27-25(7-1)33(26-8-2-4-10-28(26)34-27)22-14-11-20(12-15-22)23-17-19-32-30-24(23)16-13-21-6-5-18-31-29(21)30;2*19-14-6-3-12(4-7-14)15-9-11-21-18-16(15)8-5-13-2-1-10-20-17(13)18;1-3-7-12-10(5-1)9-11-6-2-4-8-13(11)14-12;1-11(2)12(3,4)16-13(15-11)9-5-7-10(14)8-6-9;13-9-3-5-15-11-7(9)1-2-8-10(14)4-6-16-12(8)11;13-10-5-7-15-12-9(10)4-3-8-2-1-6-14-11(8)12;1-3-4-2;;/h1-19H;1-11H;1-11H,19H2;1-8H,9H2;5-8H,14H2,1-4H3;1-6H;1-7H;1,3-4H2,2H3;;1H2/q;;;;;;;-1;+1;. The number of ether oxygens (including phenoxy) is 2. The number of aromatic nitrogens is 10. The third-order valence-electron chi connectivity index (χ3n) is 25.0. The molecule has 6 N–H and O–H groups in total. The van der Waals surface area contributed by atoms with Crippen molar-refractivity contribution in [3.05, 3.63) is 438 Å². The predicted octanol–water partition coefficient (Wildman–Crippen LogP) is 27.9. The Balaban J connectivity index is 0.000000116. The summed E-state index contributed by atoms with van der Waals surface area (Å²) in [5.74, 6) is 3.69. The van der Waals surface area contributed by atoms with Gasteiger partial charge in [-0.05, 0) is 223 Å². The van der Waals surface area contributed by atoms with Crippen LogP contribution in [0.3, 0.4) is 0 Å². The van der Waals surface area contributed by atoms with Crippen molar-refractivity contribution >= 4 is 214 Å². The van der Waals surface area contributed by atoms with Crippen LogP contribution in [0.5, 0.6) is 23.0 Å². The van der Waals surface area contributed by atoms with E-state index in [1.165, 1.54) is 28.7 Å². The number of unbranched alkanes of at least 4 members (excludes halogenated alkanes) is 1. The Morgan fingerprint density at radius 1 is 0.315 bits per heavy atom. The summed E-state index contributed by atoms with van der Waals surface area (Å²) in [5.41, 5.74) is 35.3. The second kappa shape index (κ2) is 45.1. The fourth-order valence-corrected chi connectivity index (χ4v) is 18.6. The molecule has 0 saturated carbocycles. The molecule has 3 aliphatic heterocycles. The monoisotopic (exact) mass is 2120 g/mol. The van der Waals surface area contributed by atoms with Crippen LogP contribution in [-0.2, 0) is 15.7 Å². The molecule has 0 atom stereocenters. The normalized spacial score (nSPS) is 12.5. The number of pyridine rings is 10. The molecule has 698 valence electrons. The molecule has 18 nitrogen and oxygen atoms in total. The first-order chi connectivity index (χ1) is 68.8. The van der Waals surface area contributed by atoms with Crippen molar-refractivity contribution in [2.75, 3.05) is 16.4 Å². The molecule has 10 aromatic heterocycles. The molecule has 143 heavy (non-hydrogen) atoms. The van der Waals surface area contributed by atoms with E-state index < -0.39 is 0 Å². The summed E-state index contributed by atoms with van der Waals surface area (Å²) in [4.78, 5) is 47.1. The minimum Gasteiger partial charge on any atom is -0.457 e. The number of hydrogen-bond acceptors (Lipinski definition) is 17. The van der Waals surface area contributed by atoms with Crippen molar-refractivity contribution in [2.24, 2.45) is 0 Å². The minimum atomic E-state index is -0.300. The van der Waals surface area contributed by atoms with Gasteiger partial charge in [-0.2, -0.15) is 6.42 Å². The van der Waals surface area contributed by atoms with Gasteiger partial charge in [-0.15, -0.1) is 0 Å². The van der Waals surface area contributed by atoms with Gasteiger partial charge in [0.25, 0.3) is 0 Å². The smallest absolute Gasteiger partial charge is 0.457 e. The topological polar surface area (TPSA) is 253 Å². The van der Waals surface area contributed by atoms with Crippen molar-refractivity contribution < 1.29 is 43.1 Å². The Kier molecular flexibility index (Phi) is 31.6. The molecule has 0 unspecified atom stereocenters. The molecular weight excluding hydrogens is 2030 g/mol. The zero-order valence-electron chi connectivity index (χ0n) is 79.2. The molecule has 13 aromatic carbocycles. The van der Waals surface area contributed by atoms with E-state index in [0.717, 1.165) is 219 Å². The van der Waals surface area contributed by atoms with Gasteiger partial charge in [0, 0.05) is 157 Å². The van der Waals surface area contributed by atoms with Crippen LogP contribution < -0.4 is 50.2 Å². The van der Waals surface area contributed by atoms with E-state index in [-0.39, 0.29) is 42.7 Å². The van der Waals surface area contributed by atoms with Gasteiger partial charge in [0.2, 0.25) is 0 Å². The molecule has 0 spiro atoms. The Labute approximate surface area is 874 Å². The minimum absolute atomic E-state index is 0. The molecule has 26 rings (SSSR count). The summed E-state index contributed by atoms with van der Waals surface area (Å²) in [6.45, 7) is 13.9. The zero-order valence-corrected chi connectivity index (χ0v) is 85.6. The zero-order chi connectivity index (χ0) is 97.1. The number of hydrogen-bond donors (Lipinski definition) is 2. The van der Waals surface area contributed by atoms with Gasteiger partial charge in [-0.25, -0.2) is 0 Å². The number of fused-ring (bicyclic) bond motifs is 19. The van der Waals surface area contributed by atoms with E-state index in [0.29, 0.717) is 0 Å². The van der Waals surface area contributed by atoms with Gasteiger partial charge in [-0.1, -0.05) is 271 Å². The number of nitrogens with two attached hydrogens (primary N) is 2. The fourth-order valence-electron chi connectivity index (χ4n) is 17.0. The predicted molar refractivity (Wildman–Crippen MR) is 598 cm³/mol. The van der Waals surface area contributed by atoms with Gasteiger partial charge < -0.3 is 47.5 Å². The van der Waals surface area contributed by atoms with Crippen LogP contribution in [0.25, 0.3) is 142 Å². The number of rotatable bonds is 6. The Hall–Kier alpha value is -14.6. The van der Waals surface area contributed by atoms with E-state index in [1.54, 1.807) is 31.0 Å². The summed E-state index contributed by atoms with van der Waals surface area (Å²) in [6.07, 6.45) is 21.4. The van der Waals surface area contributed by atoms with Gasteiger partial charge in [0.05, 0.1) is 77.7 Å². The first-order valence-corrected chi connectivity index (χ1v) is 49.3. The van der Waals surface area contributed by atoms with Crippen molar-refractivity contribution in [1.29, 1.82) is 0 Å².